The predicted octanol–water partition coefficient (Wildman–Crippen LogP) is 0.00830. The second-order valence-corrected chi connectivity index (χ2v) is 5.16. The number of nitrogens with two attached hydrogens (primary N) is 2. The molecule has 0 saturated carbocycles. The molecular weight excluding hydrogens is 254 g/mol. The van der Waals surface area contributed by atoms with E-state index in [1.807, 2.05) is 0 Å². The van der Waals surface area contributed by atoms with Gasteiger partial charge in [-0.3, -0.25) is 9.59 Å². The molecule has 0 radical (unpaired) electrons. The van der Waals surface area contributed by atoms with Crippen molar-refractivity contribution in [2.24, 2.45) is 11.7 Å². The number of aromatic nitrogens is 1. The molecule has 1 aromatic heterocycles. The number of primary amides is 1. The van der Waals surface area contributed by atoms with Crippen molar-refractivity contribution in [1.29, 1.82) is 0 Å². The van der Waals surface area contributed by atoms with Crippen molar-refractivity contribution in [3.63, 3.8) is 0 Å². The van der Waals surface area contributed by atoms with Crippen molar-refractivity contribution < 1.29 is 9.59 Å². The molecule has 0 saturated heterocycles. The van der Waals surface area contributed by atoms with Crippen LogP contribution in [0.15, 0.2) is 0 Å². The molecule has 0 aliphatic heterocycles. The number of hydrogen-bond donors (Lipinski definition) is 4. The topological polar surface area (TPSA) is 123 Å². The highest BCUT2D eigenvalue weighted by Crippen LogP contribution is 2.24. The Morgan fingerprint density at radius 3 is 2.67 bits per heavy atom. The highest BCUT2D eigenvalue weighted by molar-refractivity contribution is 7.18. The van der Waals surface area contributed by atoms with Crippen LogP contribution in [0.25, 0.3) is 0 Å². The van der Waals surface area contributed by atoms with Crippen molar-refractivity contribution in [2.45, 2.75) is 13.8 Å². The maximum absolute atomic E-state index is 11.7. The van der Waals surface area contributed by atoms with E-state index in [4.69, 9.17) is 11.5 Å². The molecule has 6 N–H and O–H groups in total. The van der Waals surface area contributed by atoms with Gasteiger partial charge in [0.1, 0.15) is 10.7 Å². The Hall–Kier alpha value is -1.83. The molecule has 100 valence electrons. The summed E-state index contributed by atoms with van der Waals surface area (Å²) in [5, 5.41) is 6.04. The zero-order valence-corrected chi connectivity index (χ0v) is 11.1. The van der Waals surface area contributed by atoms with Crippen molar-refractivity contribution >= 4 is 34.1 Å². The average Bonchev–Trinajstić information content (AvgIpc) is 2.64. The van der Waals surface area contributed by atoms with Crippen LogP contribution in [0.4, 0.5) is 10.9 Å². The van der Waals surface area contributed by atoms with Gasteiger partial charge < -0.3 is 22.1 Å². The first kappa shape index (κ1) is 14.2. The molecule has 7 nitrogen and oxygen atoms in total. The van der Waals surface area contributed by atoms with Crippen LogP contribution in [0.5, 0.6) is 0 Å². The smallest absolute Gasteiger partial charge is 0.265 e. The molecule has 0 aliphatic carbocycles. The van der Waals surface area contributed by atoms with Gasteiger partial charge in [0.2, 0.25) is 5.91 Å². The first-order chi connectivity index (χ1) is 8.40. The van der Waals surface area contributed by atoms with Crippen LogP contribution >= 0.6 is 11.3 Å². The van der Waals surface area contributed by atoms with Gasteiger partial charge in [-0.1, -0.05) is 25.2 Å². The highest BCUT2D eigenvalue weighted by atomic mass is 32.1. The van der Waals surface area contributed by atoms with Crippen molar-refractivity contribution in [3.05, 3.63) is 4.88 Å². The van der Waals surface area contributed by atoms with Crippen LogP contribution in [0, 0.1) is 5.92 Å². The predicted molar refractivity (Wildman–Crippen MR) is 71.4 cm³/mol. The summed E-state index contributed by atoms with van der Waals surface area (Å²) in [5.74, 6) is -0.443. The molecule has 0 fully saturated rings. The lowest BCUT2D eigenvalue weighted by atomic mass is 10.2. The van der Waals surface area contributed by atoms with Crippen LogP contribution in [0.1, 0.15) is 23.5 Å². The molecule has 1 aromatic rings. The zero-order valence-electron chi connectivity index (χ0n) is 10.3. The fraction of sp³-hybridized carbons (Fsp3) is 0.500. The van der Waals surface area contributed by atoms with E-state index in [1.54, 1.807) is 0 Å². The second-order valence-electron chi connectivity index (χ2n) is 4.16. The van der Waals surface area contributed by atoms with E-state index in [-0.39, 0.29) is 17.2 Å². The minimum Gasteiger partial charge on any atom is -0.382 e. The standard InChI is InChI=1S/C10H17N5O2S/c1-5(2)3-14-10-15-8(12)7(18-10)9(17)13-4-6(11)16/h5H,3-4,12H2,1-2H3,(H2,11,16)(H,13,17)(H,14,15). The molecule has 0 bridgehead atoms. The minimum absolute atomic E-state index is 0.147. The summed E-state index contributed by atoms with van der Waals surface area (Å²) in [6.45, 7) is 4.65. The molecule has 18 heavy (non-hydrogen) atoms. The Bertz CT molecular complexity index is 443. The van der Waals surface area contributed by atoms with Crippen molar-refractivity contribution in [1.82, 2.24) is 10.3 Å². The number of thiazole rings is 1. The Kier molecular flexibility index (Phi) is 4.90. The molecule has 0 unspecified atom stereocenters. The van der Waals surface area contributed by atoms with Gasteiger partial charge in [-0.25, -0.2) is 4.98 Å². The third kappa shape index (κ3) is 4.21. The van der Waals surface area contributed by atoms with Crippen LogP contribution < -0.4 is 22.1 Å². The van der Waals surface area contributed by atoms with E-state index in [0.29, 0.717) is 11.0 Å². The van der Waals surface area contributed by atoms with E-state index >= 15 is 0 Å². The fourth-order valence-electron chi connectivity index (χ4n) is 1.11. The lowest BCUT2D eigenvalue weighted by Crippen LogP contribution is -2.33. The van der Waals surface area contributed by atoms with Gasteiger partial charge in [0.05, 0.1) is 6.54 Å². The van der Waals surface area contributed by atoms with E-state index in [1.165, 1.54) is 0 Å². The van der Waals surface area contributed by atoms with Gasteiger partial charge in [0.25, 0.3) is 5.91 Å². The maximum atomic E-state index is 11.7. The number of hydrogen-bond acceptors (Lipinski definition) is 6. The number of rotatable bonds is 6. The lowest BCUT2D eigenvalue weighted by Gasteiger charge is -2.04. The van der Waals surface area contributed by atoms with Crippen LogP contribution in [-0.4, -0.2) is 29.9 Å². The third-order valence-electron chi connectivity index (χ3n) is 1.94. The number of nitrogens with zero attached hydrogens (tertiary/aromatic N) is 1. The highest BCUT2D eigenvalue weighted by Gasteiger charge is 2.16. The molecule has 8 heteroatoms. The molecule has 1 heterocycles. The summed E-state index contributed by atoms with van der Waals surface area (Å²) in [7, 11) is 0. The lowest BCUT2D eigenvalue weighted by molar-refractivity contribution is -0.117. The van der Waals surface area contributed by atoms with Crippen LogP contribution in [0.2, 0.25) is 0 Å². The molecule has 0 aromatic carbocycles. The summed E-state index contributed by atoms with van der Waals surface area (Å²) < 4.78 is 0. The van der Waals surface area contributed by atoms with Gasteiger partial charge in [-0.15, -0.1) is 0 Å². The van der Waals surface area contributed by atoms with Crippen molar-refractivity contribution in [3.8, 4) is 0 Å². The largest absolute Gasteiger partial charge is 0.382 e. The SMILES string of the molecule is CC(C)CNc1nc(N)c(C(=O)NCC(N)=O)s1. The average molecular weight is 271 g/mol. The van der Waals surface area contributed by atoms with Gasteiger partial charge >= 0.3 is 0 Å². The Labute approximate surface area is 109 Å². The Balaban J connectivity index is 2.65. The summed E-state index contributed by atoms with van der Waals surface area (Å²) >= 11 is 1.15. The summed E-state index contributed by atoms with van der Waals surface area (Å²) in [6, 6.07) is 0. The second kappa shape index (κ2) is 6.20. The zero-order chi connectivity index (χ0) is 13.7. The monoisotopic (exact) mass is 271 g/mol. The number of amides is 2. The summed E-state index contributed by atoms with van der Waals surface area (Å²) in [5.41, 5.74) is 10.6. The van der Waals surface area contributed by atoms with E-state index in [2.05, 4.69) is 29.5 Å². The first-order valence-corrected chi connectivity index (χ1v) is 6.28. The number of carbonyl (C=O) groups excluding carboxylic acids is 2. The molecule has 0 spiro atoms. The van der Waals surface area contributed by atoms with Crippen LogP contribution in [-0.2, 0) is 4.79 Å². The van der Waals surface area contributed by atoms with Crippen LogP contribution in [0.3, 0.4) is 0 Å². The van der Waals surface area contributed by atoms with E-state index in [9.17, 15) is 9.59 Å². The number of anilines is 2. The molecule has 0 aliphatic rings. The number of nitrogens with one attached hydrogen (secondary N) is 2. The molecule has 0 atom stereocenters. The Morgan fingerprint density at radius 1 is 1.44 bits per heavy atom. The Morgan fingerprint density at radius 2 is 2.11 bits per heavy atom. The maximum Gasteiger partial charge on any atom is 0.265 e. The summed E-state index contributed by atoms with van der Waals surface area (Å²) in [4.78, 5) is 26.5. The van der Waals surface area contributed by atoms with Gasteiger partial charge in [-0.05, 0) is 5.92 Å². The fourth-order valence-corrected chi connectivity index (χ4v) is 1.92. The molecule has 2 amide bonds. The van der Waals surface area contributed by atoms with Gasteiger partial charge in [0, 0.05) is 6.54 Å². The number of nitrogen functional groups attached to an aromatic ring is 1. The van der Waals surface area contributed by atoms with Crippen molar-refractivity contribution in [2.75, 3.05) is 24.1 Å². The molecular formula is C10H17N5O2S. The van der Waals surface area contributed by atoms with E-state index < -0.39 is 11.8 Å². The summed E-state index contributed by atoms with van der Waals surface area (Å²) in [6.07, 6.45) is 0. The quantitative estimate of drug-likeness (QED) is 0.580. The third-order valence-corrected chi connectivity index (χ3v) is 2.97. The van der Waals surface area contributed by atoms with Gasteiger partial charge in [0.15, 0.2) is 5.13 Å². The van der Waals surface area contributed by atoms with Gasteiger partial charge in [-0.2, -0.15) is 0 Å². The minimum atomic E-state index is -0.607. The molecule has 1 rings (SSSR count). The van der Waals surface area contributed by atoms with E-state index in [0.717, 1.165) is 17.9 Å². The number of carbonyl (C=O) groups is 2. The first-order valence-electron chi connectivity index (χ1n) is 5.46. The normalized spacial score (nSPS) is 10.4.